The molecule has 8 aromatic carbocycles. The summed E-state index contributed by atoms with van der Waals surface area (Å²) in [6.45, 7) is 0. The Morgan fingerprint density at radius 1 is 0.406 bits per heavy atom. The second-order valence-corrected chi connectivity index (χ2v) is 18.9. The molecule has 0 saturated carbocycles. The number of halogens is 1. The van der Waals surface area contributed by atoms with Crippen LogP contribution in [0.3, 0.4) is 0 Å². The number of fused-ring (bicyclic) bond motifs is 10. The van der Waals surface area contributed by atoms with Crippen molar-refractivity contribution in [2.75, 3.05) is 0 Å². The molecule has 0 radical (unpaired) electrons. The summed E-state index contributed by atoms with van der Waals surface area (Å²) in [4.78, 5) is 27.5. The third kappa shape index (κ3) is 8.33. The van der Waals surface area contributed by atoms with Gasteiger partial charge in [-0.3, -0.25) is 4.57 Å². The maximum atomic E-state index is 5.99. The van der Waals surface area contributed by atoms with Crippen molar-refractivity contribution in [1.29, 1.82) is 0 Å². The van der Waals surface area contributed by atoms with Crippen molar-refractivity contribution in [3.63, 3.8) is 0 Å². The van der Waals surface area contributed by atoms with Gasteiger partial charge in [-0.25, -0.2) is 9.97 Å². The first-order valence-corrected chi connectivity index (χ1v) is 24.5. The lowest BCUT2D eigenvalue weighted by Gasteiger charge is -2.10. The maximum absolute atomic E-state index is 5.99. The van der Waals surface area contributed by atoms with Crippen LogP contribution in [0.4, 0.5) is 0 Å². The van der Waals surface area contributed by atoms with Crippen LogP contribution in [0.5, 0.6) is 0 Å². The first-order valence-electron chi connectivity index (χ1n) is 22.5. The minimum atomic E-state index is 0.202. The molecule has 5 aromatic heterocycles. The average molecular weight is 945 g/mol. The van der Waals surface area contributed by atoms with Crippen LogP contribution in [-0.2, 0) is 6.42 Å². The van der Waals surface area contributed by atoms with Gasteiger partial charge >= 0.3 is 0 Å². The predicted molar refractivity (Wildman–Crippen MR) is 288 cm³/mol. The van der Waals surface area contributed by atoms with Gasteiger partial charge in [-0.2, -0.15) is 19.9 Å². The van der Waals surface area contributed by atoms with E-state index < -0.39 is 0 Å². The van der Waals surface area contributed by atoms with Gasteiger partial charge in [-0.15, -0.1) is 22.7 Å². The lowest BCUT2D eigenvalue weighted by atomic mass is 10.0. The fourth-order valence-corrected chi connectivity index (χ4v) is 11.3. The van der Waals surface area contributed by atoms with E-state index >= 15 is 0 Å². The van der Waals surface area contributed by atoms with E-state index in [2.05, 4.69) is 117 Å². The summed E-state index contributed by atoms with van der Waals surface area (Å²) in [7, 11) is 0. The molecule has 69 heavy (non-hydrogen) atoms. The second-order valence-electron chi connectivity index (χ2n) is 16.4. The third-order valence-corrected chi connectivity index (χ3v) is 14.5. The molecule has 0 saturated heterocycles. The minimum absolute atomic E-state index is 0.202. The molecule has 13 aromatic rings. The zero-order chi connectivity index (χ0) is 46.1. The summed E-state index contributed by atoms with van der Waals surface area (Å²) in [6, 6.07) is 67.9. The zero-order valence-electron chi connectivity index (χ0n) is 36.8. The standard InChI is InChI=1S/C29H18N4S.C15H10ClN3.C15H10S/c1-3-9-20(10-4-1)27-30-28(21-11-5-2-6-12-21)32-29(31-27)33-18-17-19-15-16-24-25(26(19)33)22-13-7-8-14-23(22)34-24;16-15-18-13(11-7-3-1-4-8-11)17-14(19-15)12-9-5-2-6-10-12;1-2-7-13-12(5-1)15-11-6-3-4-10(11)8-9-14(15)16-13/h1-18H;1-10H;1-5,7-9H,6H2. The molecule has 10 heteroatoms. The Hall–Kier alpha value is -8.21. The van der Waals surface area contributed by atoms with Gasteiger partial charge in [-0.05, 0) is 59.5 Å². The highest BCUT2D eigenvalue weighted by Gasteiger charge is 2.18. The van der Waals surface area contributed by atoms with Crippen molar-refractivity contribution < 1.29 is 0 Å². The van der Waals surface area contributed by atoms with Crippen LogP contribution in [0.25, 0.3) is 109 Å². The highest BCUT2D eigenvalue weighted by atomic mass is 35.5. The summed E-state index contributed by atoms with van der Waals surface area (Å²) in [5.74, 6) is 3.10. The minimum Gasteiger partial charge on any atom is -0.285 e. The fourth-order valence-electron chi connectivity index (χ4n) is 8.88. The van der Waals surface area contributed by atoms with E-state index in [0.717, 1.165) is 34.2 Å². The van der Waals surface area contributed by atoms with E-state index in [9.17, 15) is 0 Å². The monoisotopic (exact) mass is 943 g/mol. The molecule has 1 aliphatic rings. The van der Waals surface area contributed by atoms with Gasteiger partial charge in [0.05, 0.1) is 5.52 Å². The maximum Gasteiger partial charge on any atom is 0.238 e. The van der Waals surface area contributed by atoms with Crippen molar-refractivity contribution in [2.24, 2.45) is 0 Å². The smallest absolute Gasteiger partial charge is 0.238 e. The van der Waals surface area contributed by atoms with Crippen molar-refractivity contribution >= 4 is 91.6 Å². The number of aromatic nitrogens is 7. The Kier molecular flexibility index (Phi) is 11.3. The van der Waals surface area contributed by atoms with E-state index in [4.69, 9.17) is 26.6 Å². The molecule has 14 rings (SSSR count). The van der Waals surface area contributed by atoms with Crippen molar-refractivity contribution in [3.05, 3.63) is 229 Å². The molecule has 0 aliphatic heterocycles. The molecule has 0 unspecified atom stereocenters. The van der Waals surface area contributed by atoms with Crippen LogP contribution >= 0.6 is 34.3 Å². The quantitative estimate of drug-likeness (QED) is 0.171. The van der Waals surface area contributed by atoms with Crippen LogP contribution in [0, 0.1) is 0 Å². The first kappa shape index (κ1) is 42.2. The van der Waals surface area contributed by atoms with E-state index in [-0.39, 0.29) is 5.28 Å². The molecule has 0 spiro atoms. The molecule has 1 aliphatic carbocycles. The molecule has 7 nitrogen and oxygen atoms in total. The summed E-state index contributed by atoms with van der Waals surface area (Å²) in [5.41, 5.74) is 7.80. The highest BCUT2D eigenvalue weighted by molar-refractivity contribution is 7.26. The first-order chi connectivity index (χ1) is 34.1. The predicted octanol–water partition coefficient (Wildman–Crippen LogP) is 16.0. The van der Waals surface area contributed by atoms with Crippen LogP contribution < -0.4 is 0 Å². The average Bonchev–Trinajstić information content (AvgIpc) is 4.24. The Balaban J connectivity index is 0.000000118. The van der Waals surface area contributed by atoms with Crippen molar-refractivity contribution in [2.45, 2.75) is 6.42 Å². The molecule has 0 fully saturated rings. The third-order valence-electron chi connectivity index (χ3n) is 12.1. The molecular weight excluding hydrogens is 906 g/mol. The Labute approximate surface area is 410 Å². The van der Waals surface area contributed by atoms with E-state index in [1.54, 1.807) is 0 Å². The van der Waals surface area contributed by atoms with Crippen LogP contribution in [0.2, 0.25) is 5.28 Å². The van der Waals surface area contributed by atoms with Gasteiger partial charge in [0.2, 0.25) is 11.2 Å². The van der Waals surface area contributed by atoms with Gasteiger partial charge in [0.25, 0.3) is 0 Å². The number of nitrogens with zero attached hydrogens (tertiary/aromatic N) is 7. The molecule has 5 heterocycles. The summed E-state index contributed by atoms with van der Waals surface area (Å²) in [5, 5.41) is 6.76. The molecule has 328 valence electrons. The number of benzene rings is 8. The van der Waals surface area contributed by atoms with E-state index in [1.807, 2.05) is 144 Å². The van der Waals surface area contributed by atoms with Crippen molar-refractivity contribution in [1.82, 2.24) is 34.5 Å². The Morgan fingerprint density at radius 3 is 1.39 bits per heavy atom. The highest BCUT2D eigenvalue weighted by Crippen LogP contribution is 2.41. The van der Waals surface area contributed by atoms with Gasteiger partial charge in [0.15, 0.2) is 23.3 Å². The second kappa shape index (κ2) is 18.5. The van der Waals surface area contributed by atoms with Crippen LogP contribution in [-0.4, -0.2) is 34.5 Å². The number of thiophene rings is 2. The lowest BCUT2D eigenvalue weighted by molar-refractivity contribution is 0.935. The number of hydrogen-bond donors (Lipinski definition) is 0. The zero-order valence-corrected chi connectivity index (χ0v) is 39.2. The van der Waals surface area contributed by atoms with Gasteiger partial charge in [0.1, 0.15) is 0 Å². The van der Waals surface area contributed by atoms with Crippen molar-refractivity contribution in [3.8, 4) is 51.5 Å². The number of hydrogen-bond acceptors (Lipinski definition) is 8. The number of allylic oxidation sites excluding steroid dienone is 1. The lowest BCUT2D eigenvalue weighted by Crippen LogP contribution is -2.05. The summed E-state index contributed by atoms with van der Waals surface area (Å²) < 4.78 is 7.47. The molecule has 0 atom stereocenters. The number of rotatable bonds is 5. The van der Waals surface area contributed by atoms with Gasteiger partial charge < -0.3 is 0 Å². The summed E-state index contributed by atoms with van der Waals surface area (Å²) in [6.07, 6.45) is 7.65. The van der Waals surface area contributed by atoms with E-state index in [1.165, 1.54) is 56.9 Å². The van der Waals surface area contributed by atoms with E-state index in [0.29, 0.717) is 29.2 Å². The van der Waals surface area contributed by atoms with Gasteiger partial charge in [-0.1, -0.05) is 182 Å². The van der Waals surface area contributed by atoms with Crippen LogP contribution in [0.15, 0.2) is 212 Å². The normalized spacial score (nSPS) is 11.7. The topological polar surface area (TPSA) is 82.3 Å². The molecule has 0 amide bonds. The fraction of sp³-hybridized carbons (Fsp3) is 0.0169. The molecule has 0 N–H and O–H groups in total. The van der Waals surface area contributed by atoms with Crippen LogP contribution in [0.1, 0.15) is 11.1 Å². The Morgan fingerprint density at radius 2 is 0.855 bits per heavy atom. The molecular formula is C59H38ClN7S2. The largest absolute Gasteiger partial charge is 0.285 e. The SMILES string of the molecule is C1=Cc2ccc3sc4ccccc4c3c2C1.Clc1nc(-c2ccccc2)nc(-c2ccccc2)n1.c1ccc(-c2nc(-c3ccccc3)nc(-n3ccc4ccc5sc6ccccc6c5c43)n2)cc1. The van der Waals surface area contributed by atoms with Gasteiger partial charge in [0, 0.05) is 74.2 Å². The Bertz CT molecular complexity index is 3890. The molecule has 0 bridgehead atoms. The summed E-state index contributed by atoms with van der Waals surface area (Å²) >= 11 is 9.70.